The lowest BCUT2D eigenvalue weighted by molar-refractivity contribution is -0.118. The maximum atomic E-state index is 12.0. The van der Waals surface area contributed by atoms with Crippen LogP contribution in [0.2, 0.25) is 0 Å². The van der Waals surface area contributed by atoms with Gasteiger partial charge in [-0.05, 0) is 37.8 Å². The van der Waals surface area contributed by atoms with Crippen molar-refractivity contribution in [3.8, 4) is 11.6 Å². The van der Waals surface area contributed by atoms with Crippen molar-refractivity contribution >= 4 is 11.6 Å². The average Bonchev–Trinajstić information content (AvgIpc) is 2.60. The van der Waals surface area contributed by atoms with Gasteiger partial charge in [-0.1, -0.05) is 0 Å². The minimum absolute atomic E-state index is 0.0392. The summed E-state index contributed by atoms with van der Waals surface area (Å²) in [5, 5.41) is 2.75. The van der Waals surface area contributed by atoms with Gasteiger partial charge < -0.3 is 14.8 Å². The Kier molecular flexibility index (Phi) is 4.71. The fourth-order valence-electron chi connectivity index (χ4n) is 2.64. The Morgan fingerprint density at radius 2 is 2.09 bits per heavy atom. The predicted molar refractivity (Wildman–Crippen MR) is 85.8 cm³/mol. The van der Waals surface area contributed by atoms with Gasteiger partial charge in [-0.25, -0.2) is 4.98 Å². The molecule has 0 saturated carbocycles. The van der Waals surface area contributed by atoms with Crippen LogP contribution in [0, 0.1) is 0 Å². The third kappa shape index (κ3) is 3.77. The number of aryl methyl sites for hydroxylation is 1. The first-order valence-corrected chi connectivity index (χ1v) is 7.65. The van der Waals surface area contributed by atoms with Crippen molar-refractivity contribution in [1.29, 1.82) is 0 Å². The van der Waals surface area contributed by atoms with E-state index in [0.717, 1.165) is 42.7 Å². The SMILES string of the molecule is COc1ccc(NC(=O)COc2ccnc3c2CCCC3)cn1. The molecule has 2 heterocycles. The number of amides is 1. The summed E-state index contributed by atoms with van der Waals surface area (Å²) < 4.78 is 10.7. The second kappa shape index (κ2) is 7.09. The van der Waals surface area contributed by atoms with Crippen LogP contribution in [0.1, 0.15) is 24.1 Å². The molecular weight excluding hydrogens is 294 g/mol. The van der Waals surface area contributed by atoms with Crippen LogP contribution < -0.4 is 14.8 Å². The lowest BCUT2D eigenvalue weighted by atomic mass is 9.95. The first-order valence-electron chi connectivity index (χ1n) is 7.65. The van der Waals surface area contributed by atoms with E-state index in [1.54, 1.807) is 31.6 Å². The van der Waals surface area contributed by atoms with Gasteiger partial charge in [0, 0.05) is 23.5 Å². The fraction of sp³-hybridized carbons (Fsp3) is 0.353. The number of nitrogens with zero attached hydrogens (tertiary/aromatic N) is 2. The largest absolute Gasteiger partial charge is 0.483 e. The Morgan fingerprint density at radius 1 is 1.22 bits per heavy atom. The van der Waals surface area contributed by atoms with Crippen LogP contribution in [0.3, 0.4) is 0 Å². The molecule has 0 atom stereocenters. The summed E-state index contributed by atoms with van der Waals surface area (Å²) >= 11 is 0. The number of aromatic nitrogens is 2. The molecule has 2 aromatic rings. The third-order valence-electron chi connectivity index (χ3n) is 3.78. The van der Waals surface area contributed by atoms with Crippen molar-refractivity contribution in [3.63, 3.8) is 0 Å². The zero-order chi connectivity index (χ0) is 16.1. The van der Waals surface area contributed by atoms with Crippen LogP contribution in [-0.2, 0) is 17.6 Å². The molecule has 6 nitrogen and oxygen atoms in total. The monoisotopic (exact) mass is 313 g/mol. The van der Waals surface area contributed by atoms with Crippen LogP contribution in [0.5, 0.6) is 11.6 Å². The van der Waals surface area contributed by atoms with Gasteiger partial charge in [0.2, 0.25) is 5.88 Å². The Balaban J connectivity index is 1.58. The van der Waals surface area contributed by atoms with Crippen molar-refractivity contribution in [1.82, 2.24) is 9.97 Å². The predicted octanol–water partition coefficient (Wildman–Crippen LogP) is 2.38. The molecule has 0 unspecified atom stereocenters. The summed E-state index contributed by atoms with van der Waals surface area (Å²) in [6.07, 6.45) is 7.53. The zero-order valence-electron chi connectivity index (χ0n) is 13.0. The van der Waals surface area contributed by atoms with Gasteiger partial charge in [0.1, 0.15) is 5.75 Å². The molecule has 23 heavy (non-hydrogen) atoms. The van der Waals surface area contributed by atoms with Crippen LogP contribution in [-0.4, -0.2) is 29.6 Å². The molecule has 0 bridgehead atoms. The number of pyridine rings is 2. The van der Waals surface area contributed by atoms with E-state index in [0.29, 0.717) is 11.6 Å². The summed E-state index contributed by atoms with van der Waals surface area (Å²) in [5.74, 6) is 1.04. The fourth-order valence-corrected chi connectivity index (χ4v) is 2.64. The number of hydrogen-bond donors (Lipinski definition) is 1. The molecule has 120 valence electrons. The zero-order valence-corrected chi connectivity index (χ0v) is 13.0. The van der Waals surface area contributed by atoms with Gasteiger partial charge in [-0.15, -0.1) is 0 Å². The standard InChI is InChI=1S/C17H19N3O3/c1-22-17-7-6-12(10-19-17)20-16(21)11-23-15-8-9-18-14-5-3-2-4-13(14)15/h6-10H,2-5,11H2,1H3,(H,20,21). The normalized spacial score (nSPS) is 13.1. The highest BCUT2D eigenvalue weighted by molar-refractivity contribution is 5.91. The minimum atomic E-state index is -0.224. The van der Waals surface area contributed by atoms with Gasteiger partial charge in [-0.2, -0.15) is 0 Å². The average molecular weight is 313 g/mol. The number of nitrogens with one attached hydrogen (secondary N) is 1. The Hall–Kier alpha value is -2.63. The number of fused-ring (bicyclic) bond motifs is 1. The van der Waals surface area contributed by atoms with Gasteiger partial charge in [-0.3, -0.25) is 9.78 Å². The molecule has 0 spiro atoms. The summed E-state index contributed by atoms with van der Waals surface area (Å²) in [6, 6.07) is 5.25. The van der Waals surface area contributed by atoms with Gasteiger partial charge in [0.15, 0.2) is 6.61 Å². The molecular formula is C17H19N3O3. The Morgan fingerprint density at radius 3 is 2.87 bits per heavy atom. The molecule has 0 fully saturated rings. The van der Waals surface area contributed by atoms with Crippen molar-refractivity contribution in [2.45, 2.75) is 25.7 Å². The first kappa shape index (κ1) is 15.3. The van der Waals surface area contributed by atoms with E-state index in [2.05, 4.69) is 15.3 Å². The van der Waals surface area contributed by atoms with Crippen LogP contribution in [0.15, 0.2) is 30.6 Å². The lowest BCUT2D eigenvalue weighted by Gasteiger charge is -2.18. The Labute approximate surface area is 134 Å². The molecule has 0 radical (unpaired) electrons. The number of rotatable bonds is 5. The van der Waals surface area contributed by atoms with Gasteiger partial charge in [0.25, 0.3) is 5.91 Å². The maximum Gasteiger partial charge on any atom is 0.262 e. The molecule has 1 aliphatic rings. The number of methoxy groups -OCH3 is 1. The minimum Gasteiger partial charge on any atom is -0.483 e. The number of anilines is 1. The third-order valence-corrected chi connectivity index (χ3v) is 3.78. The van der Waals surface area contributed by atoms with E-state index in [1.807, 2.05) is 6.07 Å². The Bertz CT molecular complexity index is 686. The first-order chi connectivity index (χ1) is 11.3. The number of carbonyl (C=O) groups excluding carboxylic acids is 1. The smallest absolute Gasteiger partial charge is 0.262 e. The van der Waals surface area contributed by atoms with E-state index in [1.165, 1.54) is 0 Å². The van der Waals surface area contributed by atoms with Crippen molar-refractivity contribution in [3.05, 3.63) is 41.9 Å². The van der Waals surface area contributed by atoms with E-state index < -0.39 is 0 Å². The van der Waals surface area contributed by atoms with E-state index in [9.17, 15) is 4.79 Å². The quantitative estimate of drug-likeness (QED) is 0.917. The highest BCUT2D eigenvalue weighted by atomic mass is 16.5. The summed E-state index contributed by atoms with van der Waals surface area (Å²) in [4.78, 5) is 20.4. The molecule has 0 saturated heterocycles. The molecule has 0 aromatic carbocycles. The van der Waals surface area contributed by atoms with Crippen LogP contribution in [0.25, 0.3) is 0 Å². The number of carbonyl (C=O) groups is 1. The van der Waals surface area contributed by atoms with E-state index >= 15 is 0 Å². The molecule has 6 heteroatoms. The van der Waals surface area contributed by atoms with Crippen molar-refractivity contribution < 1.29 is 14.3 Å². The molecule has 1 aliphatic carbocycles. The second-order valence-corrected chi connectivity index (χ2v) is 5.37. The van der Waals surface area contributed by atoms with Crippen molar-refractivity contribution in [2.75, 3.05) is 19.0 Å². The van der Waals surface area contributed by atoms with E-state index in [-0.39, 0.29) is 12.5 Å². The molecule has 2 aromatic heterocycles. The van der Waals surface area contributed by atoms with E-state index in [4.69, 9.17) is 9.47 Å². The topological polar surface area (TPSA) is 73.3 Å². The second-order valence-electron chi connectivity index (χ2n) is 5.37. The number of ether oxygens (including phenoxy) is 2. The van der Waals surface area contributed by atoms with Crippen LogP contribution in [0.4, 0.5) is 5.69 Å². The van der Waals surface area contributed by atoms with Gasteiger partial charge >= 0.3 is 0 Å². The molecule has 1 amide bonds. The molecule has 3 rings (SSSR count). The van der Waals surface area contributed by atoms with Gasteiger partial charge in [0.05, 0.1) is 19.0 Å². The summed E-state index contributed by atoms with van der Waals surface area (Å²) in [5.41, 5.74) is 2.84. The summed E-state index contributed by atoms with van der Waals surface area (Å²) in [7, 11) is 1.55. The highest BCUT2D eigenvalue weighted by Gasteiger charge is 2.16. The highest BCUT2D eigenvalue weighted by Crippen LogP contribution is 2.27. The molecule has 1 N–H and O–H groups in total. The lowest BCUT2D eigenvalue weighted by Crippen LogP contribution is -2.21. The molecule has 0 aliphatic heterocycles. The van der Waals surface area contributed by atoms with Crippen molar-refractivity contribution in [2.24, 2.45) is 0 Å². The van der Waals surface area contributed by atoms with Crippen LogP contribution >= 0.6 is 0 Å². The maximum absolute atomic E-state index is 12.0. The number of hydrogen-bond acceptors (Lipinski definition) is 5. The summed E-state index contributed by atoms with van der Waals surface area (Å²) in [6.45, 7) is -0.0392.